The summed E-state index contributed by atoms with van der Waals surface area (Å²) in [6, 6.07) is 16.8. The Hall–Kier alpha value is -3.12. The minimum atomic E-state index is 0.495. The van der Waals surface area contributed by atoms with E-state index in [1.807, 2.05) is 15.3 Å². The van der Waals surface area contributed by atoms with Gasteiger partial charge in [0.15, 0.2) is 11.0 Å². The molecular weight excluding hydrogens is 360 g/mol. The average molecular weight is 377 g/mol. The number of aromatic nitrogens is 5. The molecule has 0 radical (unpaired) electrons. The number of rotatable bonds is 3. The zero-order valence-electron chi connectivity index (χ0n) is 14.7. The first kappa shape index (κ1) is 16.1. The van der Waals surface area contributed by atoms with Crippen LogP contribution in [0, 0.1) is 0 Å². The molecule has 0 atom stereocenters. The number of hydrogen-bond donors (Lipinski definition) is 0. The molecule has 5 rings (SSSR count). The summed E-state index contributed by atoms with van der Waals surface area (Å²) in [7, 11) is 2.09. The van der Waals surface area contributed by atoms with Crippen LogP contribution in [0.3, 0.4) is 0 Å². The molecule has 3 heterocycles. The molecule has 1 aliphatic heterocycles. The van der Waals surface area contributed by atoms with E-state index in [1.54, 1.807) is 12.7 Å². The molecule has 0 fully saturated rings. The molecule has 0 N–H and O–H groups in total. The Morgan fingerprint density at radius 3 is 2.81 bits per heavy atom. The molecule has 0 saturated heterocycles. The van der Waals surface area contributed by atoms with E-state index in [4.69, 9.17) is 11.6 Å². The molecular formula is C20H17ClN6. The van der Waals surface area contributed by atoms with Crippen molar-refractivity contribution >= 4 is 17.3 Å². The fourth-order valence-electron chi connectivity index (χ4n) is 3.53. The predicted octanol–water partition coefficient (Wildman–Crippen LogP) is 3.78. The highest BCUT2D eigenvalue weighted by Crippen LogP contribution is 2.35. The second-order valence-corrected chi connectivity index (χ2v) is 6.99. The first-order chi connectivity index (χ1) is 13.2. The lowest BCUT2D eigenvalue weighted by atomic mass is 10.1. The second-order valence-electron chi connectivity index (χ2n) is 6.64. The Labute approximate surface area is 161 Å². The molecule has 2 aromatic heterocycles. The number of benzene rings is 2. The van der Waals surface area contributed by atoms with Gasteiger partial charge in [0.05, 0.1) is 17.9 Å². The standard InChI is InChI=1S/C20H17ClN6/c1-25(10-14-5-3-2-4-6-14)15-7-8-17-16(9-15)20-22-12-24-27(20)11-18-19(21)23-13-26(17)18/h2-9,12-13H,10-11H2,1H3. The van der Waals surface area contributed by atoms with Gasteiger partial charge in [0.2, 0.25) is 0 Å². The van der Waals surface area contributed by atoms with Gasteiger partial charge in [0.25, 0.3) is 0 Å². The lowest BCUT2D eigenvalue weighted by Crippen LogP contribution is -2.16. The molecule has 0 saturated carbocycles. The highest BCUT2D eigenvalue weighted by Gasteiger charge is 2.23. The van der Waals surface area contributed by atoms with Crippen LogP contribution in [0.4, 0.5) is 5.69 Å². The second kappa shape index (κ2) is 6.25. The van der Waals surface area contributed by atoms with E-state index in [0.29, 0.717) is 11.7 Å². The van der Waals surface area contributed by atoms with Gasteiger partial charge in [-0.1, -0.05) is 41.9 Å². The van der Waals surface area contributed by atoms with Crippen molar-refractivity contribution < 1.29 is 0 Å². The van der Waals surface area contributed by atoms with Crippen LogP contribution in [0.25, 0.3) is 17.1 Å². The van der Waals surface area contributed by atoms with E-state index in [9.17, 15) is 0 Å². The van der Waals surface area contributed by atoms with Gasteiger partial charge in [-0.2, -0.15) is 5.10 Å². The maximum Gasteiger partial charge on any atom is 0.160 e. The lowest BCUT2D eigenvalue weighted by molar-refractivity contribution is 0.677. The van der Waals surface area contributed by atoms with E-state index < -0.39 is 0 Å². The van der Waals surface area contributed by atoms with Crippen molar-refractivity contribution in [1.82, 2.24) is 24.3 Å². The van der Waals surface area contributed by atoms with E-state index >= 15 is 0 Å². The van der Waals surface area contributed by atoms with Gasteiger partial charge in [0.1, 0.15) is 12.7 Å². The molecule has 0 unspecified atom stereocenters. The molecule has 0 bridgehead atoms. The van der Waals surface area contributed by atoms with Crippen molar-refractivity contribution in [3.63, 3.8) is 0 Å². The summed E-state index contributed by atoms with van der Waals surface area (Å²) in [5.74, 6) is 0.833. The SMILES string of the molecule is CN(Cc1ccccc1)c1ccc2c(c1)-c1ncnn1Cc1c(Cl)ncn1-2. The molecule has 6 nitrogen and oxygen atoms in total. The van der Waals surface area contributed by atoms with Gasteiger partial charge < -0.3 is 4.90 Å². The van der Waals surface area contributed by atoms with Crippen molar-refractivity contribution in [1.29, 1.82) is 0 Å². The number of fused-ring (bicyclic) bond motifs is 5. The lowest BCUT2D eigenvalue weighted by Gasteiger charge is -2.21. The van der Waals surface area contributed by atoms with Crippen molar-refractivity contribution in [2.24, 2.45) is 0 Å². The highest BCUT2D eigenvalue weighted by molar-refractivity contribution is 6.30. The fourth-order valence-corrected chi connectivity index (χ4v) is 3.73. The van der Waals surface area contributed by atoms with Crippen molar-refractivity contribution in [3.8, 4) is 17.1 Å². The summed E-state index contributed by atoms with van der Waals surface area (Å²) in [6.07, 6.45) is 3.34. The number of nitrogens with zero attached hydrogens (tertiary/aromatic N) is 6. The van der Waals surface area contributed by atoms with Crippen LogP contribution in [-0.2, 0) is 13.1 Å². The molecule has 134 valence electrons. The van der Waals surface area contributed by atoms with Gasteiger partial charge in [-0.3, -0.25) is 4.57 Å². The molecule has 0 spiro atoms. The third kappa shape index (κ3) is 2.69. The number of anilines is 1. The molecule has 2 aromatic carbocycles. The van der Waals surface area contributed by atoms with Crippen LogP contribution in [0.2, 0.25) is 5.15 Å². The van der Waals surface area contributed by atoms with Crippen molar-refractivity contribution in [2.75, 3.05) is 11.9 Å². The Morgan fingerprint density at radius 1 is 1.11 bits per heavy atom. The van der Waals surface area contributed by atoms with Gasteiger partial charge in [0, 0.05) is 24.8 Å². The monoisotopic (exact) mass is 376 g/mol. The normalized spacial score (nSPS) is 12.1. The molecule has 4 aromatic rings. The summed E-state index contributed by atoms with van der Waals surface area (Å²) in [5.41, 5.74) is 5.31. The molecule has 1 aliphatic rings. The van der Waals surface area contributed by atoms with Crippen LogP contribution in [0.5, 0.6) is 0 Å². The Morgan fingerprint density at radius 2 is 1.96 bits per heavy atom. The maximum atomic E-state index is 6.30. The largest absolute Gasteiger partial charge is 0.370 e. The summed E-state index contributed by atoms with van der Waals surface area (Å²) < 4.78 is 3.89. The van der Waals surface area contributed by atoms with Crippen LogP contribution in [0.15, 0.2) is 61.2 Å². The third-order valence-electron chi connectivity index (χ3n) is 4.91. The average Bonchev–Trinajstić information content (AvgIpc) is 3.27. The summed E-state index contributed by atoms with van der Waals surface area (Å²) in [6.45, 7) is 1.37. The van der Waals surface area contributed by atoms with Gasteiger partial charge in [-0.25, -0.2) is 14.6 Å². The van der Waals surface area contributed by atoms with Crippen molar-refractivity contribution in [2.45, 2.75) is 13.1 Å². The molecule has 0 aliphatic carbocycles. The Kier molecular flexibility index (Phi) is 3.72. The quantitative estimate of drug-likeness (QED) is 0.481. The zero-order chi connectivity index (χ0) is 18.4. The van der Waals surface area contributed by atoms with Gasteiger partial charge in [-0.15, -0.1) is 0 Å². The summed E-state index contributed by atoms with van der Waals surface area (Å²) >= 11 is 6.30. The number of imidazole rings is 1. The molecule has 7 heteroatoms. The number of hydrogen-bond acceptors (Lipinski definition) is 4. The smallest absolute Gasteiger partial charge is 0.160 e. The van der Waals surface area contributed by atoms with Crippen molar-refractivity contribution in [3.05, 3.63) is 77.6 Å². The first-order valence-electron chi connectivity index (χ1n) is 8.70. The van der Waals surface area contributed by atoms with Gasteiger partial charge in [-0.05, 0) is 23.8 Å². The van der Waals surface area contributed by atoms with E-state index in [1.165, 1.54) is 5.56 Å². The summed E-state index contributed by atoms with van der Waals surface area (Å²) in [4.78, 5) is 11.0. The molecule has 0 amide bonds. The molecule has 27 heavy (non-hydrogen) atoms. The maximum absolute atomic E-state index is 6.30. The van der Waals surface area contributed by atoms with E-state index in [-0.39, 0.29) is 0 Å². The van der Waals surface area contributed by atoms with Gasteiger partial charge >= 0.3 is 0 Å². The summed E-state index contributed by atoms with van der Waals surface area (Å²) in [5, 5.41) is 4.86. The minimum absolute atomic E-state index is 0.495. The van der Waals surface area contributed by atoms with E-state index in [2.05, 4.69) is 69.5 Å². The van der Waals surface area contributed by atoms with E-state index in [0.717, 1.165) is 35.0 Å². The minimum Gasteiger partial charge on any atom is -0.370 e. The topological polar surface area (TPSA) is 51.8 Å². The highest BCUT2D eigenvalue weighted by atomic mass is 35.5. The first-order valence-corrected chi connectivity index (χ1v) is 9.08. The van der Waals surface area contributed by atoms with Crippen LogP contribution in [0.1, 0.15) is 11.3 Å². The van der Waals surface area contributed by atoms with Crippen LogP contribution in [-0.4, -0.2) is 31.4 Å². The Balaban J connectivity index is 1.60. The third-order valence-corrected chi connectivity index (χ3v) is 5.23. The van der Waals surface area contributed by atoms with Crippen LogP contribution >= 0.6 is 11.6 Å². The zero-order valence-corrected chi connectivity index (χ0v) is 15.5. The number of halogens is 1. The Bertz CT molecular complexity index is 1110. The van der Waals surface area contributed by atoms with Crippen LogP contribution < -0.4 is 4.90 Å². The predicted molar refractivity (Wildman–Crippen MR) is 105 cm³/mol. The fraction of sp³-hybridized carbons (Fsp3) is 0.150.